The Morgan fingerprint density at radius 1 is 1.13 bits per heavy atom. The van der Waals surface area contributed by atoms with Crippen LogP contribution >= 0.6 is 0 Å². The minimum absolute atomic E-state index is 0.0734. The summed E-state index contributed by atoms with van der Waals surface area (Å²) in [4.78, 5) is 24.6. The molecule has 2 saturated carbocycles. The second-order valence-corrected chi connectivity index (χ2v) is 9.81. The smallest absolute Gasteiger partial charge is 0.338 e. The molecule has 30 heavy (non-hydrogen) atoms. The Morgan fingerprint density at radius 2 is 1.90 bits per heavy atom. The molecular weight excluding hydrogens is 376 g/mol. The van der Waals surface area contributed by atoms with Crippen LogP contribution in [0, 0.1) is 17.3 Å². The second-order valence-electron chi connectivity index (χ2n) is 9.81. The largest absolute Gasteiger partial charge is 0.462 e. The Bertz CT molecular complexity index is 722. The molecule has 164 valence electrons. The summed E-state index contributed by atoms with van der Waals surface area (Å²) in [6, 6.07) is 9.22. The first-order valence-corrected chi connectivity index (χ1v) is 12.1. The lowest BCUT2D eigenvalue weighted by molar-refractivity contribution is -0.141. The van der Waals surface area contributed by atoms with E-state index in [9.17, 15) is 9.59 Å². The van der Waals surface area contributed by atoms with E-state index >= 15 is 0 Å². The summed E-state index contributed by atoms with van der Waals surface area (Å²) in [6.07, 6.45) is 13.7. The monoisotopic (exact) mass is 412 g/mol. The van der Waals surface area contributed by atoms with Crippen molar-refractivity contribution in [3.05, 3.63) is 35.9 Å². The molecule has 3 fully saturated rings. The van der Waals surface area contributed by atoms with Gasteiger partial charge in [-0.05, 0) is 49.7 Å². The van der Waals surface area contributed by atoms with Crippen molar-refractivity contribution in [3.8, 4) is 0 Å². The van der Waals surface area contributed by atoms with Crippen molar-refractivity contribution < 1.29 is 19.1 Å². The molecule has 0 aromatic heterocycles. The van der Waals surface area contributed by atoms with Crippen molar-refractivity contribution >= 4 is 11.9 Å². The first-order chi connectivity index (χ1) is 14.6. The van der Waals surface area contributed by atoms with Crippen LogP contribution in [0.3, 0.4) is 0 Å². The molecule has 2 aliphatic carbocycles. The van der Waals surface area contributed by atoms with Gasteiger partial charge in [0.25, 0.3) is 0 Å². The molecular formula is C26H36O4. The predicted octanol–water partition coefficient (Wildman–Crippen LogP) is 6.08. The second kappa shape index (κ2) is 9.53. The highest BCUT2D eigenvalue weighted by Gasteiger charge is 2.52. The fourth-order valence-corrected chi connectivity index (χ4v) is 6.25. The summed E-state index contributed by atoms with van der Waals surface area (Å²) in [6.45, 7) is 2.27. The number of unbranched alkanes of at least 4 members (excludes halogenated alkanes) is 2. The average molecular weight is 413 g/mol. The predicted molar refractivity (Wildman–Crippen MR) is 116 cm³/mol. The van der Waals surface area contributed by atoms with E-state index in [1.54, 1.807) is 12.1 Å². The minimum atomic E-state index is -0.254. The number of rotatable bonds is 9. The Hall–Kier alpha value is -1.84. The third kappa shape index (κ3) is 4.73. The Labute approximate surface area is 180 Å². The van der Waals surface area contributed by atoms with E-state index in [-0.39, 0.29) is 36.0 Å². The molecule has 0 N–H and O–H groups in total. The lowest BCUT2D eigenvalue weighted by Crippen LogP contribution is -2.28. The first-order valence-electron chi connectivity index (χ1n) is 12.1. The minimum Gasteiger partial charge on any atom is -0.462 e. The molecule has 4 heteroatoms. The summed E-state index contributed by atoms with van der Waals surface area (Å²) in [7, 11) is 0. The standard InChI is InChI=1S/C26H36O4/c1-2-3-7-13-26(14-8-9-15-26)16-12-20-21-17-24(27)29-23(21)18-22(20)30-25(28)19-10-5-4-6-11-19/h4-6,10-11,20-23H,2-3,7-9,12-18H2,1H3. The zero-order valence-electron chi connectivity index (χ0n) is 18.3. The van der Waals surface area contributed by atoms with Crippen LogP contribution in [0.1, 0.15) is 94.3 Å². The van der Waals surface area contributed by atoms with E-state index < -0.39 is 0 Å². The van der Waals surface area contributed by atoms with Gasteiger partial charge in [0.2, 0.25) is 0 Å². The molecule has 0 bridgehead atoms. The van der Waals surface area contributed by atoms with Crippen LogP contribution in [-0.2, 0) is 14.3 Å². The lowest BCUT2D eigenvalue weighted by Gasteiger charge is -2.32. The van der Waals surface area contributed by atoms with Gasteiger partial charge in [0, 0.05) is 18.3 Å². The molecule has 0 radical (unpaired) electrons. The lowest BCUT2D eigenvalue weighted by atomic mass is 9.74. The topological polar surface area (TPSA) is 52.6 Å². The molecule has 1 aliphatic heterocycles. The number of esters is 2. The van der Waals surface area contributed by atoms with Crippen LogP contribution in [-0.4, -0.2) is 24.1 Å². The van der Waals surface area contributed by atoms with Crippen LogP contribution in [0.2, 0.25) is 0 Å². The zero-order valence-corrected chi connectivity index (χ0v) is 18.3. The molecule has 1 heterocycles. The summed E-state index contributed by atoms with van der Waals surface area (Å²) < 4.78 is 11.6. The number of ether oxygens (including phenoxy) is 2. The maximum Gasteiger partial charge on any atom is 0.338 e. The van der Waals surface area contributed by atoms with Crippen LogP contribution < -0.4 is 0 Å². The highest BCUT2D eigenvalue weighted by molar-refractivity contribution is 5.89. The SMILES string of the molecule is CCCCCC1(CCC2C(OC(=O)c3ccccc3)CC3OC(=O)CC32)CCCC1. The van der Waals surface area contributed by atoms with Gasteiger partial charge in [-0.1, -0.05) is 57.2 Å². The number of hydrogen-bond acceptors (Lipinski definition) is 4. The highest BCUT2D eigenvalue weighted by atomic mass is 16.6. The first kappa shape index (κ1) is 21.4. The molecule has 1 saturated heterocycles. The molecule has 0 spiro atoms. The van der Waals surface area contributed by atoms with Crippen LogP contribution in [0.5, 0.6) is 0 Å². The Kier molecular flexibility index (Phi) is 6.80. The molecule has 4 atom stereocenters. The van der Waals surface area contributed by atoms with Gasteiger partial charge >= 0.3 is 11.9 Å². The van der Waals surface area contributed by atoms with Crippen molar-refractivity contribution in [2.24, 2.45) is 17.3 Å². The number of hydrogen-bond donors (Lipinski definition) is 0. The third-order valence-electron chi connectivity index (χ3n) is 7.91. The van der Waals surface area contributed by atoms with Gasteiger partial charge in [0.15, 0.2) is 0 Å². The van der Waals surface area contributed by atoms with Gasteiger partial charge in [-0.2, -0.15) is 0 Å². The van der Waals surface area contributed by atoms with Crippen molar-refractivity contribution in [2.75, 3.05) is 0 Å². The molecule has 3 aliphatic rings. The summed E-state index contributed by atoms with van der Waals surface area (Å²) in [5, 5.41) is 0. The average Bonchev–Trinajstić information content (AvgIpc) is 3.43. The quantitative estimate of drug-likeness (QED) is 0.364. The molecule has 4 nitrogen and oxygen atoms in total. The van der Waals surface area contributed by atoms with E-state index in [0.717, 1.165) is 6.42 Å². The Balaban J connectivity index is 1.43. The van der Waals surface area contributed by atoms with Gasteiger partial charge in [-0.15, -0.1) is 0 Å². The molecule has 4 rings (SSSR count). The Morgan fingerprint density at radius 3 is 2.63 bits per heavy atom. The van der Waals surface area contributed by atoms with Gasteiger partial charge in [0.05, 0.1) is 12.0 Å². The van der Waals surface area contributed by atoms with Gasteiger partial charge < -0.3 is 9.47 Å². The van der Waals surface area contributed by atoms with Crippen molar-refractivity contribution in [2.45, 2.75) is 96.2 Å². The molecule has 1 aromatic carbocycles. The highest BCUT2D eigenvalue weighted by Crippen LogP contribution is 2.51. The number of carbonyl (C=O) groups is 2. The van der Waals surface area contributed by atoms with E-state index in [1.807, 2.05) is 18.2 Å². The number of fused-ring (bicyclic) bond motifs is 1. The number of benzene rings is 1. The third-order valence-corrected chi connectivity index (χ3v) is 7.91. The fraction of sp³-hybridized carbons (Fsp3) is 0.692. The molecule has 4 unspecified atom stereocenters. The van der Waals surface area contributed by atoms with E-state index in [2.05, 4.69) is 6.92 Å². The van der Waals surface area contributed by atoms with Crippen LogP contribution in [0.25, 0.3) is 0 Å². The van der Waals surface area contributed by atoms with Crippen LogP contribution in [0.15, 0.2) is 30.3 Å². The maximum atomic E-state index is 12.7. The number of carbonyl (C=O) groups excluding carboxylic acids is 2. The van der Waals surface area contributed by atoms with E-state index in [1.165, 1.54) is 57.8 Å². The van der Waals surface area contributed by atoms with Crippen molar-refractivity contribution in [1.82, 2.24) is 0 Å². The summed E-state index contributed by atoms with van der Waals surface area (Å²) in [5.74, 6) is 0.106. The van der Waals surface area contributed by atoms with E-state index in [4.69, 9.17) is 9.47 Å². The fourth-order valence-electron chi connectivity index (χ4n) is 6.25. The van der Waals surface area contributed by atoms with Crippen LogP contribution in [0.4, 0.5) is 0 Å². The molecule has 1 aromatic rings. The zero-order chi connectivity index (χ0) is 21.0. The maximum absolute atomic E-state index is 12.7. The molecule has 0 amide bonds. The normalized spacial score (nSPS) is 29.6. The van der Waals surface area contributed by atoms with Gasteiger partial charge in [-0.3, -0.25) is 4.79 Å². The summed E-state index contributed by atoms with van der Waals surface area (Å²) in [5.41, 5.74) is 1.06. The summed E-state index contributed by atoms with van der Waals surface area (Å²) >= 11 is 0. The van der Waals surface area contributed by atoms with Crippen molar-refractivity contribution in [1.29, 1.82) is 0 Å². The van der Waals surface area contributed by atoms with E-state index in [0.29, 0.717) is 23.8 Å². The van der Waals surface area contributed by atoms with Crippen molar-refractivity contribution in [3.63, 3.8) is 0 Å². The van der Waals surface area contributed by atoms with Gasteiger partial charge in [0.1, 0.15) is 12.2 Å². The van der Waals surface area contributed by atoms with Gasteiger partial charge in [-0.25, -0.2) is 4.79 Å².